The first-order valence-corrected chi connectivity index (χ1v) is 7.02. The van der Waals surface area contributed by atoms with Gasteiger partial charge in [0.2, 0.25) is 0 Å². The van der Waals surface area contributed by atoms with Gasteiger partial charge in [0.05, 0.1) is 22.6 Å². The van der Waals surface area contributed by atoms with Gasteiger partial charge >= 0.3 is 5.97 Å². The number of para-hydroxylation sites is 1. The van der Waals surface area contributed by atoms with E-state index in [1.165, 1.54) is 17.4 Å². The van der Waals surface area contributed by atoms with Crippen LogP contribution in [0, 0.1) is 0 Å². The second-order valence-corrected chi connectivity index (χ2v) is 6.35. The molecule has 2 aromatic rings. The number of carboxylic acids is 1. The molecule has 0 aliphatic carbocycles. The molecule has 0 radical (unpaired) electrons. The monoisotopic (exact) mass is 291 g/mol. The number of thiazole rings is 1. The van der Waals surface area contributed by atoms with Crippen molar-refractivity contribution in [3.05, 3.63) is 34.8 Å². The van der Waals surface area contributed by atoms with Gasteiger partial charge in [-0.15, -0.1) is 11.3 Å². The second-order valence-electron chi connectivity index (χ2n) is 5.49. The average molecular weight is 291 g/mol. The summed E-state index contributed by atoms with van der Waals surface area (Å²) < 4.78 is 0. The molecule has 0 fully saturated rings. The van der Waals surface area contributed by atoms with E-state index in [0.717, 1.165) is 5.69 Å². The van der Waals surface area contributed by atoms with Crippen LogP contribution in [0.15, 0.2) is 23.6 Å². The normalized spacial score (nSPS) is 11.3. The smallest absolute Gasteiger partial charge is 0.337 e. The molecule has 0 bridgehead atoms. The molecule has 1 heterocycles. The number of hydrogen-bond donors (Lipinski definition) is 3. The standard InChI is InChI=1S/C14H17N3O2S/c1-14(2,3)10-7-20-13(16-10)17-11-8(12(18)19)5-4-6-9(11)15/h4-7H,15H2,1-3H3,(H,16,17)(H,18,19). The zero-order chi connectivity index (χ0) is 14.9. The highest BCUT2D eigenvalue weighted by Gasteiger charge is 2.19. The summed E-state index contributed by atoms with van der Waals surface area (Å²) in [5, 5.41) is 14.8. The molecule has 106 valence electrons. The number of nitrogen functional groups attached to an aromatic ring is 1. The fourth-order valence-corrected chi connectivity index (χ4v) is 2.61. The minimum absolute atomic E-state index is 0.0473. The van der Waals surface area contributed by atoms with Gasteiger partial charge < -0.3 is 16.2 Å². The van der Waals surface area contributed by atoms with Crippen molar-refractivity contribution in [2.45, 2.75) is 26.2 Å². The maximum atomic E-state index is 11.2. The highest BCUT2D eigenvalue weighted by Crippen LogP contribution is 2.31. The number of nitrogens with one attached hydrogen (secondary N) is 1. The molecule has 2 rings (SSSR count). The Labute approximate surface area is 121 Å². The third-order valence-corrected chi connectivity index (χ3v) is 3.59. The molecule has 4 N–H and O–H groups in total. The van der Waals surface area contributed by atoms with Crippen molar-refractivity contribution in [1.82, 2.24) is 4.98 Å². The molecule has 6 heteroatoms. The summed E-state index contributed by atoms with van der Waals surface area (Å²) in [5.41, 5.74) is 7.67. The highest BCUT2D eigenvalue weighted by molar-refractivity contribution is 7.13. The number of aromatic carboxylic acids is 1. The van der Waals surface area contributed by atoms with E-state index in [-0.39, 0.29) is 11.0 Å². The van der Waals surface area contributed by atoms with Gasteiger partial charge in [-0.1, -0.05) is 26.8 Å². The first-order chi connectivity index (χ1) is 9.29. The lowest BCUT2D eigenvalue weighted by Crippen LogP contribution is -2.11. The van der Waals surface area contributed by atoms with Crippen LogP contribution in [0.3, 0.4) is 0 Å². The Hall–Kier alpha value is -2.08. The quantitative estimate of drug-likeness (QED) is 0.754. The molecule has 5 nitrogen and oxygen atoms in total. The first kappa shape index (κ1) is 14.3. The molecule has 0 spiro atoms. The van der Waals surface area contributed by atoms with Gasteiger partial charge in [0.25, 0.3) is 0 Å². The topological polar surface area (TPSA) is 88.2 Å². The Morgan fingerprint density at radius 2 is 2.10 bits per heavy atom. The summed E-state index contributed by atoms with van der Waals surface area (Å²) >= 11 is 1.43. The summed E-state index contributed by atoms with van der Waals surface area (Å²) in [7, 11) is 0. The maximum absolute atomic E-state index is 11.2. The molecule has 0 aliphatic rings. The summed E-state index contributed by atoms with van der Waals surface area (Å²) in [5.74, 6) is -1.02. The van der Waals surface area contributed by atoms with Crippen LogP contribution in [0.1, 0.15) is 36.8 Å². The Bertz CT molecular complexity index is 644. The van der Waals surface area contributed by atoms with Crippen LogP contribution in [0.4, 0.5) is 16.5 Å². The van der Waals surface area contributed by atoms with Crippen molar-refractivity contribution in [2.75, 3.05) is 11.1 Å². The first-order valence-electron chi connectivity index (χ1n) is 6.14. The van der Waals surface area contributed by atoms with E-state index in [1.807, 2.05) is 5.38 Å². The lowest BCUT2D eigenvalue weighted by molar-refractivity contribution is 0.0698. The third-order valence-electron chi connectivity index (χ3n) is 2.83. The number of benzene rings is 1. The summed E-state index contributed by atoms with van der Waals surface area (Å²) in [4.78, 5) is 15.7. The van der Waals surface area contributed by atoms with Gasteiger partial charge in [0.15, 0.2) is 5.13 Å². The van der Waals surface area contributed by atoms with Crippen molar-refractivity contribution < 1.29 is 9.90 Å². The van der Waals surface area contributed by atoms with Crippen LogP contribution >= 0.6 is 11.3 Å². The van der Waals surface area contributed by atoms with Gasteiger partial charge in [-0.2, -0.15) is 0 Å². The van der Waals surface area contributed by atoms with Crippen LogP contribution in [0.5, 0.6) is 0 Å². The van der Waals surface area contributed by atoms with E-state index in [0.29, 0.717) is 16.5 Å². The molecule has 0 saturated heterocycles. The van der Waals surface area contributed by atoms with Crippen molar-refractivity contribution in [3.8, 4) is 0 Å². The number of carboxylic acid groups (broad SMARTS) is 1. The van der Waals surface area contributed by atoms with E-state index in [4.69, 9.17) is 5.73 Å². The van der Waals surface area contributed by atoms with E-state index in [1.54, 1.807) is 12.1 Å². The van der Waals surface area contributed by atoms with Gasteiger partial charge in [0, 0.05) is 10.8 Å². The second kappa shape index (κ2) is 5.13. The SMILES string of the molecule is CC(C)(C)c1csc(Nc2c(N)cccc2C(=O)O)n1. The number of rotatable bonds is 3. The Morgan fingerprint density at radius 3 is 2.65 bits per heavy atom. The molecular formula is C14H17N3O2S. The maximum Gasteiger partial charge on any atom is 0.337 e. The minimum Gasteiger partial charge on any atom is -0.478 e. The van der Waals surface area contributed by atoms with Crippen LogP contribution in [-0.4, -0.2) is 16.1 Å². The van der Waals surface area contributed by atoms with Crippen LogP contribution in [0.2, 0.25) is 0 Å². The molecule has 0 unspecified atom stereocenters. The molecule has 0 saturated carbocycles. The average Bonchev–Trinajstić information content (AvgIpc) is 2.79. The van der Waals surface area contributed by atoms with Gasteiger partial charge in [-0.3, -0.25) is 0 Å². The summed E-state index contributed by atoms with van der Waals surface area (Å²) in [6.45, 7) is 6.22. The Kier molecular flexibility index (Phi) is 3.67. The van der Waals surface area contributed by atoms with Crippen LogP contribution < -0.4 is 11.1 Å². The molecule has 0 aliphatic heterocycles. The molecular weight excluding hydrogens is 274 g/mol. The molecule has 20 heavy (non-hydrogen) atoms. The van der Waals surface area contributed by atoms with Crippen molar-refractivity contribution in [3.63, 3.8) is 0 Å². The highest BCUT2D eigenvalue weighted by atomic mass is 32.1. The number of nitrogens with two attached hydrogens (primary N) is 1. The van der Waals surface area contributed by atoms with Crippen molar-refractivity contribution >= 4 is 33.8 Å². The van der Waals surface area contributed by atoms with Gasteiger partial charge in [-0.05, 0) is 12.1 Å². The number of aromatic nitrogens is 1. The number of anilines is 3. The van der Waals surface area contributed by atoms with Crippen LogP contribution in [-0.2, 0) is 5.41 Å². The zero-order valence-electron chi connectivity index (χ0n) is 11.6. The molecule has 1 aromatic carbocycles. The van der Waals surface area contributed by atoms with E-state index in [2.05, 4.69) is 31.1 Å². The largest absolute Gasteiger partial charge is 0.478 e. The van der Waals surface area contributed by atoms with Gasteiger partial charge in [-0.25, -0.2) is 9.78 Å². The number of nitrogens with zero attached hydrogens (tertiary/aromatic N) is 1. The van der Waals surface area contributed by atoms with Crippen molar-refractivity contribution in [1.29, 1.82) is 0 Å². The lowest BCUT2D eigenvalue weighted by Gasteiger charge is -2.14. The van der Waals surface area contributed by atoms with E-state index in [9.17, 15) is 9.90 Å². The van der Waals surface area contributed by atoms with Crippen molar-refractivity contribution in [2.24, 2.45) is 0 Å². The molecule has 1 aromatic heterocycles. The molecule has 0 atom stereocenters. The summed E-state index contributed by atoms with van der Waals surface area (Å²) in [6, 6.07) is 4.79. The van der Waals surface area contributed by atoms with Crippen LogP contribution in [0.25, 0.3) is 0 Å². The fraction of sp³-hybridized carbons (Fsp3) is 0.286. The Morgan fingerprint density at radius 1 is 1.40 bits per heavy atom. The minimum atomic E-state index is -1.02. The predicted octanol–water partition coefficient (Wildman–Crippen LogP) is 3.46. The third kappa shape index (κ3) is 2.91. The summed E-state index contributed by atoms with van der Waals surface area (Å²) in [6.07, 6.45) is 0. The van der Waals surface area contributed by atoms with E-state index < -0.39 is 5.97 Å². The predicted molar refractivity (Wildman–Crippen MR) is 81.9 cm³/mol. The number of hydrogen-bond acceptors (Lipinski definition) is 5. The Balaban J connectivity index is 2.35. The van der Waals surface area contributed by atoms with Gasteiger partial charge in [0.1, 0.15) is 0 Å². The van der Waals surface area contributed by atoms with E-state index >= 15 is 0 Å². The lowest BCUT2D eigenvalue weighted by atomic mass is 9.93. The fourth-order valence-electron chi connectivity index (χ4n) is 1.67. The molecule has 0 amide bonds. The number of carbonyl (C=O) groups is 1. The zero-order valence-corrected chi connectivity index (χ0v) is 12.4.